The summed E-state index contributed by atoms with van der Waals surface area (Å²) in [6.45, 7) is 1.86. The molecule has 1 N–H and O–H groups in total. The van der Waals surface area contributed by atoms with Crippen molar-refractivity contribution in [2.24, 2.45) is 0 Å². The summed E-state index contributed by atoms with van der Waals surface area (Å²) < 4.78 is 1.57. The Morgan fingerprint density at radius 2 is 2.05 bits per heavy atom. The summed E-state index contributed by atoms with van der Waals surface area (Å²) in [7, 11) is 0. The highest BCUT2D eigenvalue weighted by Crippen LogP contribution is 2.07. The number of aromatic nitrogens is 5. The smallest absolute Gasteiger partial charge is 0.277 e. The van der Waals surface area contributed by atoms with Gasteiger partial charge >= 0.3 is 0 Å². The van der Waals surface area contributed by atoms with Gasteiger partial charge in [0.15, 0.2) is 11.5 Å². The van der Waals surface area contributed by atoms with Gasteiger partial charge in [-0.15, -0.1) is 10.2 Å². The molecule has 3 aromatic heterocycles. The number of hydrogen-bond acceptors (Lipinski definition) is 5. The molecule has 0 aromatic carbocycles. The predicted molar refractivity (Wildman–Crippen MR) is 76.1 cm³/mol. The fraction of sp³-hybridized carbons (Fsp3) is 0.0714. The van der Waals surface area contributed by atoms with E-state index in [1.807, 2.05) is 19.1 Å². The number of rotatable bonds is 3. The van der Waals surface area contributed by atoms with Gasteiger partial charge in [-0.25, -0.2) is 9.67 Å². The molecule has 0 aliphatic heterocycles. The molecule has 104 valence electrons. The number of amides is 1. The molecule has 3 aromatic rings. The van der Waals surface area contributed by atoms with E-state index in [0.717, 1.165) is 5.69 Å². The molecule has 0 radical (unpaired) electrons. The lowest BCUT2D eigenvalue weighted by Gasteiger charge is -2.04. The lowest BCUT2D eigenvalue weighted by atomic mass is 10.3. The molecule has 0 aliphatic rings. The fourth-order valence-electron chi connectivity index (χ4n) is 1.77. The van der Waals surface area contributed by atoms with Crippen molar-refractivity contribution in [3.05, 3.63) is 60.2 Å². The van der Waals surface area contributed by atoms with Gasteiger partial charge in [0.05, 0.1) is 0 Å². The molecule has 0 saturated heterocycles. The third-order valence-electron chi connectivity index (χ3n) is 2.75. The number of nitrogens with one attached hydrogen (secondary N) is 1. The first-order valence-electron chi connectivity index (χ1n) is 6.31. The van der Waals surface area contributed by atoms with Crippen molar-refractivity contribution in [3.63, 3.8) is 0 Å². The van der Waals surface area contributed by atoms with Gasteiger partial charge in [0.1, 0.15) is 5.82 Å². The molecule has 3 rings (SSSR count). The lowest BCUT2D eigenvalue weighted by Crippen LogP contribution is -2.16. The molecule has 0 spiro atoms. The Morgan fingerprint density at radius 3 is 2.71 bits per heavy atom. The average Bonchev–Trinajstić information content (AvgIpc) is 3.01. The first-order chi connectivity index (χ1) is 10.2. The molecule has 0 aliphatic carbocycles. The largest absolute Gasteiger partial charge is 0.305 e. The predicted octanol–water partition coefficient (Wildman–Crippen LogP) is 1.62. The number of pyridine rings is 1. The second kappa shape index (κ2) is 5.49. The van der Waals surface area contributed by atoms with E-state index in [1.54, 1.807) is 41.3 Å². The summed E-state index contributed by atoms with van der Waals surface area (Å²) in [5.41, 5.74) is 1.04. The third-order valence-corrected chi connectivity index (χ3v) is 2.75. The van der Waals surface area contributed by atoms with Gasteiger partial charge in [-0.2, -0.15) is 5.10 Å². The third kappa shape index (κ3) is 2.92. The molecule has 0 fully saturated rings. The molecule has 7 heteroatoms. The van der Waals surface area contributed by atoms with Crippen LogP contribution < -0.4 is 5.32 Å². The minimum absolute atomic E-state index is 0.217. The van der Waals surface area contributed by atoms with Crippen LogP contribution in [0.25, 0.3) is 5.82 Å². The Labute approximate surface area is 120 Å². The molecule has 3 heterocycles. The molecular weight excluding hydrogens is 268 g/mol. The van der Waals surface area contributed by atoms with Gasteiger partial charge in [-0.05, 0) is 37.3 Å². The van der Waals surface area contributed by atoms with Crippen LogP contribution in [0.3, 0.4) is 0 Å². The topological polar surface area (TPSA) is 85.6 Å². The van der Waals surface area contributed by atoms with Crippen molar-refractivity contribution in [2.45, 2.75) is 6.92 Å². The van der Waals surface area contributed by atoms with E-state index in [-0.39, 0.29) is 11.6 Å². The van der Waals surface area contributed by atoms with Gasteiger partial charge in [0.25, 0.3) is 5.91 Å². The average molecular weight is 280 g/mol. The molecule has 1 amide bonds. The van der Waals surface area contributed by atoms with Gasteiger partial charge < -0.3 is 5.32 Å². The van der Waals surface area contributed by atoms with Crippen molar-refractivity contribution in [1.82, 2.24) is 25.0 Å². The van der Waals surface area contributed by atoms with Crippen molar-refractivity contribution in [1.29, 1.82) is 0 Å². The second-order valence-electron chi connectivity index (χ2n) is 4.35. The van der Waals surface area contributed by atoms with Crippen LogP contribution in [0.5, 0.6) is 0 Å². The molecule has 0 atom stereocenters. The normalized spacial score (nSPS) is 10.3. The molecular formula is C14H12N6O. The van der Waals surface area contributed by atoms with Crippen LogP contribution in [0.15, 0.2) is 48.8 Å². The number of anilines is 1. The minimum Gasteiger partial charge on any atom is -0.305 e. The zero-order valence-electron chi connectivity index (χ0n) is 11.3. The number of hydrogen-bond donors (Lipinski definition) is 1. The number of carbonyl (C=O) groups is 1. The minimum atomic E-state index is -0.354. The van der Waals surface area contributed by atoms with Gasteiger partial charge in [0, 0.05) is 18.1 Å². The SMILES string of the molecule is Cc1cccc(NC(=O)c2ccc(-n3cccn3)nn2)n1. The Bertz CT molecular complexity index is 751. The maximum absolute atomic E-state index is 12.0. The van der Waals surface area contributed by atoms with E-state index in [0.29, 0.717) is 11.6 Å². The van der Waals surface area contributed by atoms with Crippen LogP contribution in [0, 0.1) is 6.92 Å². The highest BCUT2D eigenvalue weighted by molar-refractivity contribution is 6.02. The van der Waals surface area contributed by atoms with Crippen molar-refractivity contribution in [2.75, 3.05) is 5.32 Å². The van der Waals surface area contributed by atoms with Crippen LogP contribution in [0.1, 0.15) is 16.2 Å². The summed E-state index contributed by atoms with van der Waals surface area (Å²) in [6.07, 6.45) is 3.39. The second-order valence-corrected chi connectivity index (χ2v) is 4.35. The first kappa shape index (κ1) is 12.9. The van der Waals surface area contributed by atoms with Gasteiger partial charge in [-0.1, -0.05) is 6.07 Å². The number of aryl methyl sites for hydroxylation is 1. The summed E-state index contributed by atoms with van der Waals surface area (Å²) in [4.78, 5) is 16.2. The Balaban J connectivity index is 1.76. The van der Waals surface area contributed by atoms with Crippen LogP contribution in [0.2, 0.25) is 0 Å². The van der Waals surface area contributed by atoms with Gasteiger partial charge in [0.2, 0.25) is 0 Å². The molecule has 0 unspecified atom stereocenters. The fourth-order valence-corrected chi connectivity index (χ4v) is 1.77. The lowest BCUT2D eigenvalue weighted by molar-refractivity contribution is 0.102. The molecule has 21 heavy (non-hydrogen) atoms. The standard InChI is InChI=1S/C14H12N6O/c1-10-4-2-5-12(16-10)17-14(21)11-6-7-13(19-18-11)20-9-3-8-15-20/h2-9H,1H3,(H,16,17,21). The summed E-state index contributed by atoms with van der Waals surface area (Å²) >= 11 is 0. The van der Waals surface area contributed by atoms with Crippen molar-refractivity contribution in [3.8, 4) is 5.82 Å². The van der Waals surface area contributed by atoms with E-state index in [1.165, 1.54) is 0 Å². The molecule has 0 bridgehead atoms. The van der Waals surface area contributed by atoms with E-state index in [2.05, 4.69) is 25.6 Å². The molecule has 7 nitrogen and oxygen atoms in total. The Hall–Kier alpha value is -3.09. The van der Waals surface area contributed by atoms with Crippen LogP contribution in [0.4, 0.5) is 5.82 Å². The zero-order chi connectivity index (χ0) is 14.7. The Kier molecular flexibility index (Phi) is 3.38. The van der Waals surface area contributed by atoms with Gasteiger partial charge in [-0.3, -0.25) is 4.79 Å². The van der Waals surface area contributed by atoms with Crippen LogP contribution in [-0.2, 0) is 0 Å². The van der Waals surface area contributed by atoms with E-state index in [9.17, 15) is 4.79 Å². The monoisotopic (exact) mass is 280 g/mol. The van der Waals surface area contributed by atoms with E-state index in [4.69, 9.17) is 0 Å². The van der Waals surface area contributed by atoms with E-state index < -0.39 is 0 Å². The maximum Gasteiger partial charge on any atom is 0.277 e. The Morgan fingerprint density at radius 1 is 1.14 bits per heavy atom. The van der Waals surface area contributed by atoms with E-state index >= 15 is 0 Å². The quantitative estimate of drug-likeness (QED) is 0.788. The number of carbonyl (C=O) groups excluding carboxylic acids is 1. The van der Waals surface area contributed by atoms with Crippen LogP contribution >= 0.6 is 0 Å². The zero-order valence-corrected chi connectivity index (χ0v) is 11.3. The maximum atomic E-state index is 12.0. The van der Waals surface area contributed by atoms with Crippen LogP contribution in [-0.4, -0.2) is 30.9 Å². The molecule has 0 saturated carbocycles. The summed E-state index contributed by atoms with van der Waals surface area (Å²) in [5, 5.41) is 14.6. The van der Waals surface area contributed by atoms with Crippen molar-refractivity contribution < 1.29 is 4.79 Å². The highest BCUT2D eigenvalue weighted by atomic mass is 16.2. The summed E-state index contributed by atoms with van der Waals surface area (Å²) in [5.74, 6) is 0.677. The summed E-state index contributed by atoms with van der Waals surface area (Å²) in [6, 6.07) is 10.5. The first-order valence-corrected chi connectivity index (χ1v) is 6.31. The highest BCUT2D eigenvalue weighted by Gasteiger charge is 2.10. The van der Waals surface area contributed by atoms with Crippen molar-refractivity contribution >= 4 is 11.7 Å². The number of nitrogens with zero attached hydrogens (tertiary/aromatic N) is 5.